The zero-order valence-corrected chi connectivity index (χ0v) is 20.3. The summed E-state index contributed by atoms with van der Waals surface area (Å²) in [6.07, 6.45) is -0.0389. The van der Waals surface area contributed by atoms with E-state index >= 15 is 0 Å². The van der Waals surface area contributed by atoms with Crippen molar-refractivity contribution < 1.29 is 24.0 Å². The van der Waals surface area contributed by atoms with Crippen LogP contribution < -0.4 is 19.9 Å². The normalized spacial score (nSPS) is 23.5. The highest BCUT2D eigenvalue weighted by molar-refractivity contribution is 6.20. The van der Waals surface area contributed by atoms with E-state index in [1.807, 2.05) is 29.2 Å². The number of piperazine rings is 1. The molecule has 0 unspecified atom stereocenters. The molecule has 2 atom stereocenters. The third-order valence-corrected chi connectivity index (χ3v) is 7.40. The van der Waals surface area contributed by atoms with E-state index in [-0.39, 0.29) is 12.1 Å². The summed E-state index contributed by atoms with van der Waals surface area (Å²) in [6, 6.07) is 10.3. The maximum atomic E-state index is 14.0. The smallest absolute Gasteiger partial charge is 0.331 e. The summed E-state index contributed by atoms with van der Waals surface area (Å²) >= 11 is 0. The third-order valence-electron chi connectivity index (χ3n) is 7.40. The van der Waals surface area contributed by atoms with Crippen LogP contribution in [0.1, 0.15) is 19.4 Å². The van der Waals surface area contributed by atoms with Gasteiger partial charge in [0, 0.05) is 55.6 Å². The number of nitrogens with zero attached hydrogens (tertiary/aromatic N) is 4. The number of hydrogen-bond donors (Lipinski definition) is 1. The molecular weight excluding hydrogens is 466 g/mol. The number of hydrogen-bond acceptors (Lipinski definition) is 8. The minimum atomic E-state index is -1.62. The van der Waals surface area contributed by atoms with Crippen LogP contribution in [0.4, 0.5) is 21.9 Å². The van der Waals surface area contributed by atoms with Gasteiger partial charge in [0.05, 0.1) is 18.1 Å². The molecule has 1 spiro atoms. The molecule has 0 aromatic heterocycles. The largest absolute Gasteiger partial charge is 0.497 e. The van der Waals surface area contributed by atoms with Gasteiger partial charge in [-0.3, -0.25) is 29.9 Å². The average molecular weight is 494 g/mol. The molecule has 36 heavy (non-hydrogen) atoms. The Labute approximate surface area is 207 Å². The van der Waals surface area contributed by atoms with E-state index in [9.17, 15) is 24.5 Å². The molecule has 11 heteroatoms. The number of benzene rings is 2. The second-order valence-corrected chi connectivity index (χ2v) is 9.60. The van der Waals surface area contributed by atoms with Crippen LogP contribution >= 0.6 is 0 Å². The van der Waals surface area contributed by atoms with Crippen molar-refractivity contribution in [2.24, 2.45) is 5.41 Å². The number of imide groups is 2. The van der Waals surface area contributed by atoms with E-state index in [0.717, 1.165) is 22.0 Å². The predicted octanol–water partition coefficient (Wildman–Crippen LogP) is 2.33. The Hall–Kier alpha value is -4.15. The third kappa shape index (κ3) is 3.45. The Morgan fingerprint density at radius 2 is 1.83 bits per heavy atom. The van der Waals surface area contributed by atoms with Crippen LogP contribution in [0.2, 0.25) is 0 Å². The number of nitro benzene ring substituents is 1. The quantitative estimate of drug-likeness (QED) is 0.391. The van der Waals surface area contributed by atoms with Gasteiger partial charge in [-0.2, -0.15) is 0 Å². The monoisotopic (exact) mass is 493 g/mol. The maximum absolute atomic E-state index is 14.0. The molecule has 4 amide bonds. The highest BCUT2D eigenvalue weighted by Gasteiger charge is 2.63. The summed E-state index contributed by atoms with van der Waals surface area (Å²) in [6.45, 7) is 4.87. The zero-order chi connectivity index (χ0) is 25.8. The van der Waals surface area contributed by atoms with Gasteiger partial charge in [0.15, 0.2) is 5.41 Å². The van der Waals surface area contributed by atoms with Crippen molar-refractivity contribution in [2.45, 2.75) is 32.4 Å². The molecule has 0 radical (unpaired) electrons. The summed E-state index contributed by atoms with van der Waals surface area (Å²) in [5, 5.41) is 13.9. The van der Waals surface area contributed by atoms with E-state index in [4.69, 9.17) is 4.74 Å². The summed E-state index contributed by atoms with van der Waals surface area (Å²) < 4.78 is 5.26. The molecule has 1 N–H and O–H groups in total. The lowest BCUT2D eigenvalue weighted by atomic mass is 9.67. The van der Waals surface area contributed by atoms with Gasteiger partial charge in [0.2, 0.25) is 11.8 Å². The van der Waals surface area contributed by atoms with Gasteiger partial charge in [-0.25, -0.2) is 4.79 Å². The van der Waals surface area contributed by atoms with Gasteiger partial charge in [-0.1, -0.05) is 0 Å². The lowest BCUT2D eigenvalue weighted by Crippen LogP contribution is -2.75. The van der Waals surface area contributed by atoms with Gasteiger partial charge in [-0.15, -0.1) is 0 Å². The Morgan fingerprint density at radius 1 is 1.11 bits per heavy atom. The number of fused-ring (bicyclic) bond motifs is 4. The van der Waals surface area contributed by atoms with Gasteiger partial charge in [-0.05, 0) is 49.7 Å². The number of amides is 4. The van der Waals surface area contributed by atoms with E-state index in [1.54, 1.807) is 27.0 Å². The van der Waals surface area contributed by atoms with Crippen LogP contribution in [-0.2, 0) is 16.0 Å². The molecule has 3 heterocycles. The van der Waals surface area contributed by atoms with Gasteiger partial charge < -0.3 is 14.5 Å². The van der Waals surface area contributed by atoms with Crippen molar-refractivity contribution in [2.75, 3.05) is 36.5 Å². The number of rotatable bonds is 4. The van der Waals surface area contributed by atoms with Crippen molar-refractivity contribution in [3.63, 3.8) is 0 Å². The number of barbiturate groups is 1. The second kappa shape index (κ2) is 8.51. The average Bonchev–Trinajstić information content (AvgIpc) is 2.86. The van der Waals surface area contributed by atoms with Crippen LogP contribution in [0.15, 0.2) is 42.5 Å². The van der Waals surface area contributed by atoms with E-state index in [2.05, 4.69) is 10.2 Å². The SMILES string of the molecule is COc1ccc(N2CCN3c4ccc([N+](=O)[O-])cc4C[C@@]4(C(=O)NC(=O)N(C(C)C)C4=O)[C@H]3C2)cc1. The van der Waals surface area contributed by atoms with Crippen LogP contribution in [0.3, 0.4) is 0 Å². The molecule has 188 valence electrons. The fraction of sp³-hybridized carbons (Fsp3) is 0.400. The number of carbonyl (C=O) groups excluding carboxylic acids is 3. The van der Waals surface area contributed by atoms with Crippen molar-refractivity contribution in [1.29, 1.82) is 0 Å². The fourth-order valence-electron chi connectivity index (χ4n) is 5.64. The van der Waals surface area contributed by atoms with Crippen molar-refractivity contribution in [3.05, 3.63) is 58.1 Å². The number of urea groups is 1. The molecule has 2 aromatic rings. The van der Waals surface area contributed by atoms with Crippen molar-refractivity contribution in [3.8, 4) is 5.75 Å². The number of methoxy groups -OCH3 is 1. The molecule has 3 aliphatic rings. The standard InChI is InChI=1S/C25H27N5O6/c1-15(2)29-23(32)25(22(31)26-24(29)33)13-16-12-18(30(34)35)6-9-20(16)28-11-10-27(14-21(25)28)17-4-7-19(36-3)8-5-17/h4-9,12,15,21H,10-11,13-14H2,1-3H3,(H,26,31,33)/t21-,25+/m1/s1. The van der Waals surface area contributed by atoms with E-state index < -0.39 is 40.3 Å². The van der Waals surface area contributed by atoms with E-state index in [1.165, 1.54) is 12.1 Å². The van der Waals surface area contributed by atoms with Crippen molar-refractivity contribution in [1.82, 2.24) is 10.2 Å². The Bertz CT molecular complexity index is 1260. The van der Waals surface area contributed by atoms with Gasteiger partial charge in [0.25, 0.3) is 5.69 Å². The topological polar surface area (TPSA) is 125 Å². The minimum absolute atomic E-state index is 0.0389. The lowest BCUT2D eigenvalue weighted by molar-refractivity contribution is -0.384. The Morgan fingerprint density at radius 3 is 2.47 bits per heavy atom. The highest BCUT2D eigenvalue weighted by atomic mass is 16.6. The second-order valence-electron chi connectivity index (χ2n) is 9.60. The van der Waals surface area contributed by atoms with Gasteiger partial charge in [0.1, 0.15) is 5.75 Å². The van der Waals surface area contributed by atoms with Crippen LogP contribution in [0.5, 0.6) is 5.75 Å². The number of nitro groups is 1. The Kier molecular flexibility index (Phi) is 5.57. The van der Waals surface area contributed by atoms with Crippen LogP contribution in [0, 0.1) is 15.5 Å². The van der Waals surface area contributed by atoms with Crippen LogP contribution in [0.25, 0.3) is 0 Å². The molecule has 2 aromatic carbocycles. The predicted molar refractivity (Wildman–Crippen MR) is 131 cm³/mol. The maximum Gasteiger partial charge on any atom is 0.331 e. The van der Waals surface area contributed by atoms with Crippen molar-refractivity contribution >= 4 is 34.9 Å². The first-order valence-electron chi connectivity index (χ1n) is 11.8. The number of non-ortho nitro benzene ring substituents is 1. The molecule has 5 rings (SSSR count). The molecule has 2 saturated heterocycles. The fourth-order valence-corrected chi connectivity index (χ4v) is 5.64. The zero-order valence-electron chi connectivity index (χ0n) is 20.3. The summed E-state index contributed by atoms with van der Waals surface area (Å²) in [5.41, 5.74) is 0.491. The first-order chi connectivity index (χ1) is 17.2. The highest BCUT2D eigenvalue weighted by Crippen LogP contribution is 2.47. The van der Waals surface area contributed by atoms with E-state index in [0.29, 0.717) is 25.2 Å². The minimum Gasteiger partial charge on any atom is -0.497 e. The van der Waals surface area contributed by atoms with Crippen LogP contribution in [-0.4, -0.2) is 66.5 Å². The summed E-state index contributed by atoms with van der Waals surface area (Å²) in [4.78, 5) is 56.4. The number of carbonyl (C=O) groups is 3. The molecular formula is C25H27N5O6. The summed E-state index contributed by atoms with van der Waals surface area (Å²) in [7, 11) is 1.59. The summed E-state index contributed by atoms with van der Waals surface area (Å²) in [5.74, 6) is -0.525. The first kappa shape index (κ1) is 23.6. The number of ether oxygens (including phenoxy) is 1. The number of nitrogens with one attached hydrogen (secondary N) is 1. The molecule has 0 saturated carbocycles. The Balaban J connectivity index is 1.63. The molecule has 0 bridgehead atoms. The lowest BCUT2D eigenvalue weighted by Gasteiger charge is -2.56. The molecule has 0 aliphatic carbocycles. The first-order valence-corrected chi connectivity index (χ1v) is 11.8. The molecule has 3 aliphatic heterocycles. The number of anilines is 2. The molecule has 2 fully saturated rings. The van der Waals surface area contributed by atoms with Gasteiger partial charge >= 0.3 is 6.03 Å². The molecule has 11 nitrogen and oxygen atoms in total.